The van der Waals surface area contributed by atoms with E-state index in [9.17, 15) is 4.79 Å². The zero-order valence-corrected chi connectivity index (χ0v) is 11.6. The van der Waals surface area contributed by atoms with E-state index in [1.54, 1.807) is 6.07 Å². The molecule has 0 radical (unpaired) electrons. The number of ether oxygens (including phenoxy) is 1. The molecule has 2 nitrogen and oxygen atoms in total. The molecule has 82 valence electrons. The lowest BCUT2D eigenvalue weighted by atomic mass is 10.1. The summed E-state index contributed by atoms with van der Waals surface area (Å²) in [6, 6.07) is 5.43. The van der Waals surface area contributed by atoms with Crippen molar-refractivity contribution >= 4 is 37.6 Å². The Morgan fingerprint density at radius 3 is 2.73 bits per heavy atom. The molecule has 0 bridgehead atoms. The molecule has 0 heterocycles. The van der Waals surface area contributed by atoms with Crippen LogP contribution in [-0.4, -0.2) is 17.7 Å². The molecule has 0 unspecified atom stereocenters. The van der Waals surface area contributed by atoms with Crippen LogP contribution in [0.3, 0.4) is 0 Å². The molecule has 0 fully saturated rings. The topological polar surface area (TPSA) is 26.3 Å². The molecule has 1 rings (SSSR count). The second-order valence-corrected chi connectivity index (χ2v) is 4.58. The van der Waals surface area contributed by atoms with Gasteiger partial charge in [0.25, 0.3) is 0 Å². The van der Waals surface area contributed by atoms with Crippen LogP contribution in [0.15, 0.2) is 22.7 Å². The smallest absolute Gasteiger partial charge is 0.164 e. The lowest BCUT2D eigenvalue weighted by molar-refractivity contribution is 0.0989. The summed E-state index contributed by atoms with van der Waals surface area (Å²) in [7, 11) is 0. The number of hydrogen-bond donors (Lipinski definition) is 0. The predicted molar refractivity (Wildman–Crippen MR) is 68.1 cm³/mol. The Morgan fingerprint density at radius 1 is 1.47 bits per heavy atom. The molecule has 0 amide bonds. The molecule has 0 aromatic heterocycles. The zero-order chi connectivity index (χ0) is 11.3. The van der Waals surface area contributed by atoms with Gasteiger partial charge in [-0.3, -0.25) is 4.79 Å². The van der Waals surface area contributed by atoms with Crippen LogP contribution in [-0.2, 0) is 0 Å². The van der Waals surface area contributed by atoms with E-state index >= 15 is 0 Å². The van der Waals surface area contributed by atoms with Gasteiger partial charge in [0, 0.05) is 21.8 Å². The monoisotopic (exact) mass is 334 g/mol. The van der Waals surface area contributed by atoms with Gasteiger partial charge in [-0.05, 0) is 41.1 Å². The van der Waals surface area contributed by atoms with Gasteiger partial charge in [0.2, 0.25) is 0 Å². The van der Waals surface area contributed by atoms with Gasteiger partial charge >= 0.3 is 0 Å². The maximum atomic E-state index is 11.6. The van der Waals surface area contributed by atoms with Crippen molar-refractivity contribution < 1.29 is 9.53 Å². The minimum atomic E-state index is 0.127. The molecule has 0 saturated carbocycles. The fraction of sp³-hybridized carbons (Fsp3) is 0.364. The van der Waals surface area contributed by atoms with Crippen molar-refractivity contribution in [3.63, 3.8) is 0 Å². The molecular weight excluding hydrogens is 324 g/mol. The summed E-state index contributed by atoms with van der Waals surface area (Å²) in [5.41, 5.74) is 0.706. The van der Waals surface area contributed by atoms with Crippen LogP contribution in [0.4, 0.5) is 0 Å². The molecule has 1 aromatic rings. The molecule has 0 aliphatic heterocycles. The largest absolute Gasteiger partial charge is 0.494 e. The van der Waals surface area contributed by atoms with E-state index in [-0.39, 0.29) is 5.78 Å². The van der Waals surface area contributed by atoms with Gasteiger partial charge in [0.15, 0.2) is 5.78 Å². The Morgan fingerprint density at radius 2 is 2.20 bits per heavy atom. The molecule has 15 heavy (non-hydrogen) atoms. The van der Waals surface area contributed by atoms with Crippen molar-refractivity contribution in [3.05, 3.63) is 28.2 Å². The van der Waals surface area contributed by atoms with Gasteiger partial charge in [0.1, 0.15) is 5.75 Å². The maximum absolute atomic E-state index is 11.6. The Labute approximate surface area is 106 Å². The summed E-state index contributed by atoms with van der Waals surface area (Å²) in [6.45, 7) is 2.55. The fourth-order valence-electron chi connectivity index (χ4n) is 1.20. The SMILES string of the molecule is CCOc1ccc(C(=O)CCBr)c(Br)c1. The highest BCUT2D eigenvalue weighted by Crippen LogP contribution is 2.24. The minimum absolute atomic E-state index is 0.127. The average molecular weight is 336 g/mol. The van der Waals surface area contributed by atoms with E-state index < -0.39 is 0 Å². The molecule has 4 heteroatoms. The number of rotatable bonds is 5. The van der Waals surface area contributed by atoms with Crippen LogP contribution in [0.2, 0.25) is 0 Å². The van der Waals surface area contributed by atoms with Crippen LogP contribution in [0.5, 0.6) is 5.75 Å². The van der Waals surface area contributed by atoms with Crippen molar-refractivity contribution in [1.82, 2.24) is 0 Å². The van der Waals surface area contributed by atoms with Crippen molar-refractivity contribution in [2.45, 2.75) is 13.3 Å². The van der Waals surface area contributed by atoms with Crippen LogP contribution in [0, 0.1) is 0 Å². The summed E-state index contributed by atoms with van der Waals surface area (Å²) >= 11 is 6.62. The lowest BCUT2D eigenvalue weighted by Crippen LogP contribution is -2.01. The number of ketones is 1. The predicted octanol–water partition coefficient (Wildman–Crippen LogP) is 3.82. The molecule has 0 atom stereocenters. The number of benzene rings is 1. The van der Waals surface area contributed by atoms with Gasteiger partial charge in [0.05, 0.1) is 6.61 Å². The highest BCUT2D eigenvalue weighted by Gasteiger charge is 2.09. The summed E-state index contributed by atoms with van der Waals surface area (Å²) in [6.07, 6.45) is 0.507. The van der Waals surface area contributed by atoms with Crippen molar-refractivity contribution in [2.24, 2.45) is 0 Å². The first kappa shape index (κ1) is 12.7. The normalized spacial score (nSPS) is 10.1. The Balaban J connectivity index is 2.87. The third kappa shape index (κ3) is 3.61. The second kappa shape index (κ2) is 6.28. The molecule has 0 aliphatic rings. The highest BCUT2D eigenvalue weighted by atomic mass is 79.9. The lowest BCUT2D eigenvalue weighted by Gasteiger charge is -2.06. The van der Waals surface area contributed by atoms with E-state index in [0.717, 1.165) is 10.2 Å². The number of alkyl halides is 1. The quantitative estimate of drug-likeness (QED) is 0.604. The Kier molecular flexibility index (Phi) is 5.32. The molecule has 1 aromatic carbocycles. The molecular formula is C11H12Br2O2. The summed E-state index contributed by atoms with van der Waals surface area (Å²) < 4.78 is 6.12. The van der Waals surface area contributed by atoms with Gasteiger partial charge < -0.3 is 4.74 Å². The summed E-state index contributed by atoms with van der Waals surface area (Å²) in [4.78, 5) is 11.6. The van der Waals surface area contributed by atoms with Gasteiger partial charge in [-0.25, -0.2) is 0 Å². The molecule has 0 saturated heterocycles. The number of carbonyl (C=O) groups is 1. The van der Waals surface area contributed by atoms with Crippen LogP contribution in [0.25, 0.3) is 0 Å². The maximum Gasteiger partial charge on any atom is 0.164 e. The van der Waals surface area contributed by atoms with Crippen LogP contribution in [0.1, 0.15) is 23.7 Å². The third-order valence-corrected chi connectivity index (χ3v) is 2.93. The summed E-state index contributed by atoms with van der Waals surface area (Å²) in [5.74, 6) is 0.904. The van der Waals surface area contributed by atoms with E-state index in [1.165, 1.54) is 0 Å². The highest BCUT2D eigenvalue weighted by molar-refractivity contribution is 9.10. The Hall–Kier alpha value is -0.350. The van der Waals surface area contributed by atoms with Crippen molar-refractivity contribution in [3.8, 4) is 5.75 Å². The van der Waals surface area contributed by atoms with Gasteiger partial charge in [-0.15, -0.1) is 0 Å². The van der Waals surface area contributed by atoms with E-state index in [2.05, 4.69) is 31.9 Å². The van der Waals surface area contributed by atoms with Crippen molar-refractivity contribution in [1.29, 1.82) is 0 Å². The van der Waals surface area contributed by atoms with Crippen LogP contribution >= 0.6 is 31.9 Å². The average Bonchev–Trinajstić information content (AvgIpc) is 2.18. The van der Waals surface area contributed by atoms with E-state index in [4.69, 9.17) is 4.74 Å². The number of Topliss-reactive ketones (excluding diaryl/α,β-unsaturated/α-hetero) is 1. The Bertz CT molecular complexity index is 350. The first-order valence-corrected chi connectivity index (χ1v) is 6.62. The molecule has 0 N–H and O–H groups in total. The van der Waals surface area contributed by atoms with Gasteiger partial charge in [-0.2, -0.15) is 0 Å². The molecule has 0 aliphatic carbocycles. The van der Waals surface area contributed by atoms with Gasteiger partial charge in [-0.1, -0.05) is 15.9 Å². The van der Waals surface area contributed by atoms with E-state index in [0.29, 0.717) is 23.9 Å². The zero-order valence-electron chi connectivity index (χ0n) is 8.43. The third-order valence-electron chi connectivity index (χ3n) is 1.87. The number of carbonyl (C=O) groups excluding carboxylic acids is 1. The summed E-state index contributed by atoms with van der Waals surface area (Å²) in [5, 5.41) is 0.686. The molecule has 0 spiro atoms. The second-order valence-electron chi connectivity index (χ2n) is 2.94. The number of halogens is 2. The first-order chi connectivity index (χ1) is 7.19. The standard InChI is InChI=1S/C11H12Br2O2/c1-2-15-8-3-4-9(10(13)7-8)11(14)5-6-12/h3-4,7H,2,5-6H2,1H3. The number of hydrogen-bond acceptors (Lipinski definition) is 2. The minimum Gasteiger partial charge on any atom is -0.494 e. The fourth-order valence-corrected chi connectivity index (χ4v) is 2.14. The first-order valence-electron chi connectivity index (χ1n) is 4.70. The van der Waals surface area contributed by atoms with Crippen LogP contribution < -0.4 is 4.74 Å². The van der Waals surface area contributed by atoms with Crippen molar-refractivity contribution in [2.75, 3.05) is 11.9 Å². The van der Waals surface area contributed by atoms with E-state index in [1.807, 2.05) is 19.1 Å².